The molecule has 1 heterocycles. The molecule has 0 fully saturated rings. The van der Waals surface area contributed by atoms with Crippen LogP contribution in [0.3, 0.4) is 0 Å². The second kappa shape index (κ2) is 14.4. The summed E-state index contributed by atoms with van der Waals surface area (Å²) in [4.78, 5) is 15.5. The molecule has 4 aromatic carbocycles. The Balaban J connectivity index is 0.000000510. The van der Waals surface area contributed by atoms with E-state index in [2.05, 4.69) is 79.1 Å². The van der Waals surface area contributed by atoms with Crippen LogP contribution in [0.5, 0.6) is 0 Å². The Hall–Kier alpha value is -5.07. The summed E-state index contributed by atoms with van der Waals surface area (Å²) in [5.41, 5.74) is 7.54. The van der Waals surface area contributed by atoms with E-state index in [9.17, 15) is 9.18 Å². The third-order valence-electron chi connectivity index (χ3n) is 9.18. The molecule has 242 valence electrons. The van der Waals surface area contributed by atoms with Gasteiger partial charge in [0.15, 0.2) is 10.9 Å². The molecule has 48 heavy (non-hydrogen) atoms. The number of thiocarbonyl (C=S) groups is 1. The minimum Gasteiger partial charge on any atom is -0.368 e. The molecule has 2 aliphatic carbocycles. The summed E-state index contributed by atoms with van der Waals surface area (Å²) in [5, 5.41) is 9.31. The zero-order valence-electron chi connectivity index (χ0n) is 27.5. The molecule has 7 rings (SSSR count). The van der Waals surface area contributed by atoms with Crippen molar-refractivity contribution in [2.45, 2.75) is 38.6 Å². The van der Waals surface area contributed by atoms with Crippen molar-refractivity contribution in [1.82, 2.24) is 10.6 Å². The lowest BCUT2D eigenvalue weighted by molar-refractivity contribution is 0.0933. The SMILES string of the molecule is C1=CC=CNC=C1.CN(C(=S)NCc1ccccc1)c1ccc2c(c1)CC=c1c-2ccc2c1=CC(C(=O)c1ccc(F)cc1)CC2(C)C. The van der Waals surface area contributed by atoms with Crippen LogP contribution >= 0.6 is 12.2 Å². The zero-order valence-corrected chi connectivity index (χ0v) is 28.4. The maximum atomic E-state index is 13.5. The Morgan fingerprint density at radius 1 is 0.917 bits per heavy atom. The smallest absolute Gasteiger partial charge is 0.173 e. The molecule has 2 N–H and O–H groups in total. The molecule has 1 aliphatic heterocycles. The molecule has 3 aliphatic rings. The molecule has 1 unspecified atom stereocenters. The van der Waals surface area contributed by atoms with Crippen LogP contribution < -0.4 is 26.0 Å². The van der Waals surface area contributed by atoms with Gasteiger partial charge >= 0.3 is 0 Å². The van der Waals surface area contributed by atoms with Gasteiger partial charge in [-0.25, -0.2) is 4.39 Å². The molecular weight excluding hydrogens is 614 g/mol. The number of nitrogens with one attached hydrogen (secondary N) is 2. The molecule has 0 saturated carbocycles. The number of fused-ring (bicyclic) bond motifs is 5. The van der Waals surface area contributed by atoms with Gasteiger partial charge < -0.3 is 15.5 Å². The van der Waals surface area contributed by atoms with Crippen molar-refractivity contribution in [3.8, 4) is 11.1 Å². The second-order valence-corrected chi connectivity index (χ2v) is 13.3. The van der Waals surface area contributed by atoms with Gasteiger partial charge in [-0.3, -0.25) is 4.79 Å². The number of hydrogen-bond donors (Lipinski definition) is 2. The van der Waals surface area contributed by atoms with Crippen LogP contribution in [0.2, 0.25) is 0 Å². The van der Waals surface area contributed by atoms with E-state index >= 15 is 0 Å². The van der Waals surface area contributed by atoms with Crippen molar-refractivity contribution in [3.05, 3.63) is 160 Å². The first-order valence-electron chi connectivity index (χ1n) is 16.3. The second-order valence-electron chi connectivity index (χ2n) is 12.9. The fraction of sp³-hybridized carbons (Fsp3) is 0.190. The van der Waals surface area contributed by atoms with Gasteiger partial charge in [0.25, 0.3) is 0 Å². The van der Waals surface area contributed by atoms with Gasteiger partial charge in [-0.2, -0.15) is 0 Å². The van der Waals surface area contributed by atoms with Crippen LogP contribution in [0.1, 0.15) is 47.3 Å². The first kappa shape index (κ1) is 32.9. The topological polar surface area (TPSA) is 44.4 Å². The summed E-state index contributed by atoms with van der Waals surface area (Å²) in [6, 6.07) is 27.1. The van der Waals surface area contributed by atoms with Crippen LogP contribution in [-0.4, -0.2) is 17.9 Å². The number of anilines is 1. The number of rotatable bonds is 5. The van der Waals surface area contributed by atoms with Crippen LogP contribution in [0.4, 0.5) is 10.1 Å². The lowest BCUT2D eigenvalue weighted by atomic mass is 9.69. The van der Waals surface area contributed by atoms with E-state index in [1.807, 2.05) is 66.9 Å². The summed E-state index contributed by atoms with van der Waals surface area (Å²) in [7, 11) is 1.99. The summed E-state index contributed by atoms with van der Waals surface area (Å²) in [5.74, 6) is -0.548. The first-order chi connectivity index (χ1) is 23.2. The molecule has 0 amide bonds. The number of allylic oxidation sites excluding steroid dienone is 4. The Morgan fingerprint density at radius 2 is 1.62 bits per heavy atom. The Bertz CT molecular complexity index is 2030. The molecule has 0 bridgehead atoms. The van der Waals surface area contributed by atoms with Crippen LogP contribution in [0.15, 0.2) is 122 Å². The molecular formula is C42H40FN3OS. The maximum absolute atomic E-state index is 13.5. The molecule has 0 radical (unpaired) electrons. The van der Waals surface area contributed by atoms with Crippen LogP contribution in [0.25, 0.3) is 23.3 Å². The third-order valence-corrected chi connectivity index (χ3v) is 9.60. The third kappa shape index (κ3) is 7.24. The Kier molecular flexibility index (Phi) is 9.83. The van der Waals surface area contributed by atoms with Crippen LogP contribution in [-0.2, 0) is 18.4 Å². The van der Waals surface area contributed by atoms with Gasteiger partial charge in [0, 0.05) is 43.2 Å². The highest BCUT2D eigenvalue weighted by Gasteiger charge is 2.34. The van der Waals surface area contributed by atoms with Gasteiger partial charge in [0.2, 0.25) is 0 Å². The van der Waals surface area contributed by atoms with E-state index in [1.165, 1.54) is 45.2 Å². The number of carbonyl (C=O) groups is 1. The minimum atomic E-state index is -0.332. The highest BCUT2D eigenvalue weighted by atomic mass is 32.1. The molecule has 6 heteroatoms. The number of Topliss-reactive ketones (excluding diaryl/α,β-unsaturated/α-hetero) is 1. The molecule has 4 nitrogen and oxygen atoms in total. The number of carbonyl (C=O) groups excluding carboxylic acids is 1. The Morgan fingerprint density at radius 3 is 2.35 bits per heavy atom. The molecule has 0 aromatic heterocycles. The lowest BCUT2D eigenvalue weighted by Gasteiger charge is -2.34. The summed E-state index contributed by atoms with van der Waals surface area (Å²) in [6.45, 7) is 5.10. The predicted octanol–water partition coefficient (Wildman–Crippen LogP) is 7.47. The average Bonchev–Trinajstić information content (AvgIpc) is 3.44. The summed E-state index contributed by atoms with van der Waals surface area (Å²) in [6.07, 6.45) is 17.5. The van der Waals surface area contributed by atoms with E-state index in [1.54, 1.807) is 12.1 Å². The molecule has 0 saturated heterocycles. The fourth-order valence-electron chi connectivity index (χ4n) is 6.63. The van der Waals surface area contributed by atoms with E-state index in [0.29, 0.717) is 17.2 Å². The van der Waals surface area contributed by atoms with E-state index in [4.69, 9.17) is 12.2 Å². The predicted molar refractivity (Wildman–Crippen MR) is 200 cm³/mol. The minimum absolute atomic E-state index is 0.0436. The average molecular weight is 654 g/mol. The van der Waals surface area contributed by atoms with Crippen molar-refractivity contribution < 1.29 is 9.18 Å². The largest absolute Gasteiger partial charge is 0.368 e. The van der Waals surface area contributed by atoms with Gasteiger partial charge in [-0.05, 0) is 117 Å². The maximum Gasteiger partial charge on any atom is 0.173 e. The standard InChI is InChI=1S/C36H33FN2OS.C6H7N/c1-36(2)21-26(34(40)24-9-12-27(37)13-10-24)20-32-31-15-11-25-19-28(14-16-29(25)30(31)17-18-33(32)36)39(3)35(41)38-22-23-7-5-4-6-8-23;1-2-4-6-7-5-3-1/h4-10,12-20,26H,11,21-22H2,1-3H3,(H,38,41);1-7H. The Labute approximate surface area is 287 Å². The number of ketones is 1. The number of nitrogens with zero attached hydrogens (tertiary/aromatic N) is 1. The normalized spacial score (nSPS) is 16.2. The van der Waals surface area contributed by atoms with Gasteiger partial charge in [0.05, 0.1) is 0 Å². The van der Waals surface area contributed by atoms with Crippen molar-refractivity contribution in [1.29, 1.82) is 0 Å². The van der Waals surface area contributed by atoms with Gasteiger partial charge in [0.1, 0.15) is 5.82 Å². The van der Waals surface area contributed by atoms with E-state index in [-0.39, 0.29) is 22.9 Å². The number of hydrogen-bond acceptors (Lipinski definition) is 3. The molecule has 1 atom stereocenters. The zero-order chi connectivity index (χ0) is 33.7. The lowest BCUT2D eigenvalue weighted by Crippen LogP contribution is -2.43. The van der Waals surface area contributed by atoms with Crippen molar-refractivity contribution in [2.24, 2.45) is 5.92 Å². The molecule has 0 spiro atoms. The van der Waals surface area contributed by atoms with E-state index in [0.717, 1.165) is 23.7 Å². The van der Waals surface area contributed by atoms with Gasteiger partial charge in [-0.1, -0.05) is 86.7 Å². The van der Waals surface area contributed by atoms with Crippen molar-refractivity contribution in [2.75, 3.05) is 11.9 Å². The van der Waals surface area contributed by atoms with Crippen molar-refractivity contribution in [3.63, 3.8) is 0 Å². The van der Waals surface area contributed by atoms with Crippen LogP contribution in [0, 0.1) is 11.7 Å². The molecule has 4 aromatic rings. The quantitative estimate of drug-likeness (QED) is 0.173. The first-order valence-corrected chi connectivity index (χ1v) is 16.7. The highest BCUT2D eigenvalue weighted by molar-refractivity contribution is 7.80. The summed E-state index contributed by atoms with van der Waals surface area (Å²) >= 11 is 5.69. The number of benzene rings is 4. The van der Waals surface area contributed by atoms with Gasteiger partial charge in [-0.15, -0.1) is 0 Å². The fourth-order valence-corrected chi connectivity index (χ4v) is 6.80. The van der Waals surface area contributed by atoms with Crippen molar-refractivity contribution >= 4 is 41.0 Å². The number of halogens is 1. The monoisotopic (exact) mass is 653 g/mol. The highest BCUT2D eigenvalue weighted by Crippen LogP contribution is 2.36. The summed E-state index contributed by atoms with van der Waals surface area (Å²) < 4.78 is 13.5. The van der Waals surface area contributed by atoms with E-state index < -0.39 is 0 Å².